The molecular weight excluding hydrogens is 264 g/mol. The molecule has 1 aliphatic heterocycles. The molecule has 1 aromatic rings. The van der Waals surface area contributed by atoms with E-state index >= 15 is 0 Å². The SMILES string of the molecule is COc1ccc(CCCC(=O)NC2CCNC(C)C2)cc1. The minimum Gasteiger partial charge on any atom is -0.497 e. The number of benzene rings is 1. The standard InChI is InChI=1S/C17H26N2O2/c1-13-12-15(10-11-18-13)19-17(20)5-3-4-14-6-8-16(21-2)9-7-14/h6-9,13,15,18H,3-5,10-12H2,1-2H3,(H,19,20). The Morgan fingerprint density at radius 2 is 2.14 bits per heavy atom. The molecular formula is C17H26N2O2. The molecule has 2 atom stereocenters. The third kappa shape index (κ3) is 5.38. The van der Waals surface area contributed by atoms with Crippen LogP contribution in [0.4, 0.5) is 0 Å². The number of nitrogens with one attached hydrogen (secondary N) is 2. The normalized spacial score (nSPS) is 21.8. The highest BCUT2D eigenvalue weighted by Crippen LogP contribution is 2.13. The summed E-state index contributed by atoms with van der Waals surface area (Å²) in [5.74, 6) is 1.05. The van der Waals surface area contributed by atoms with Crippen LogP contribution in [0.15, 0.2) is 24.3 Å². The first kappa shape index (κ1) is 15.8. The number of carbonyl (C=O) groups is 1. The van der Waals surface area contributed by atoms with Crippen molar-refractivity contribution in [3.8, 4) is 5.75 Å². The highest BCUT2D eigenvalue weighted by molar-refractivity contribution is 5.76. The van der Waals surface area contributed by atoms with Crippen molar-refractivity contribution in [3.05, 3.63) is 29.8 Å². The molecule has 0 bridgehead atoms. The summed E-state index contributed by atoms with van der Waals surface area (Å²) in [5.41, 5.74) is 1.25. The molecule has 4 heteroatoms. The highest BCUT2D eigenvalue weighted by atomic mass is 16.5. The molecule has 21 heavy (non-hydrogen) atoms. The summed E-state index contributed by atoms with van der Waals surface area (Å²) in [7, 11) is 1.67. The maximum atomic E-state index is 12.0. The van der Waals surface area contributed by atoms with Crippen LogP contribution in [0.1, 0.15) is 38.2 Å². The van der Waals surface area contributed by atoms with Crippen LogP contribution < -0.4 is 15.4 Å². The van der Waals surface area contributed by atoms with Crippen LogP contribution in [0, 0.1) is 0 Å². The molecule has 2 rings (SSSR count). The molecule has 1 saturated heterocycles. The number of amides is 1. The Labute approximate surface area is 127 Å². The fraction of sp³-hybridized carbons (Fsp3) is 0.588. The van der Waals surface area contributed by atoms with Gasteiger partial charge in [-0.05, 0) is 56.8 Å². The van der Waals surface area contributed by atoms with Crippen molar-refractivity contribution in [1.29, 1.82) is 0 Å². The van der Waals surface area contributed by atoms with Gasteiger partial charge in [0.2, 0.25) is 5.91 Å². The van der Waals surface area contributed by atoms with Crippen LogP contribution >= 0.6 is 0 Å². The second kappa shape index (κ2) is 8.03. The van der Waals surface area contributed by atoms with Gasteiger partial charge in [0.05, 0.1) is 7.11 Å². The van der Waals surface area contributed by atoms with E-state index in [0.29, 0.717) is 18.5 Å². The summed E-state index contributed by atoms with van der Waals surface area (Å²) in [6.07, 6.45) is 4.49. The zero-order valence-electron chi connectivity index (χ0n) is 13.0. The van der Waals surface area contributed by atoms with E-state index in [9.17, 15) is 4.79 Å². The van der Waals surface area contributed by atoms with Crippen molar-refractivity contribution in [1.82, 2.24) is 10.6 Å². The molecule has 0 saturated carbocycles. The Morgan fingerprint density at radius 3 is 2.81 bits per heavy atom. The highest BCUT2D eigenvalue weighted by Gasteiger charge is 2.19. The van der Waals surface area contributed by atoms with Gasteiger partial charge in [-0.1, -0.05) is 12.1 Å². The third-order valence-corrected chi connectivity index (χ3v) is 4.02. The maximum Gasteiger partial charge on any atom is 0.220 e. The van der Waals surface area contributed by atoms with Gasteiger partial charge in [-0.25, -0.2) is 0 Å². The van der Waals surface area contributed by atoms with Gasteiger partial charge >= 0.3 is 0 Å². The van der Waals surface area contributed by atoms with Gasteiger partial charge in [0.25, 0.3) is 0 Å². The summed E-state index contributed by atoms with van der Waals surface area (Å²) >= 11 is 0. The predicted octanol–water partition coefficient (Wildman–Crippen LogP) is 2.27. The lowest BCUT2D eigenvalue weighted by atomic mass is 10.0. The molecule has 0 aromatic heterocycles. The van der Waals surface area contributed by atoms with Gasteiger partial charge in [0.15, 0.2) is 0 Å². The lowest BCUT2D eigenvalue weighted by Gasteiger charge is -2.28. The van der Waals surface area contributed by atoms with E-state index in [1.54, 1.807) is 7.11 Å². The predicted molar refractivity (Wildman–Crippen MR) is 84.6 cm³/mol. The van der Waals surface area contributed by atoms with Gasteiger partial charge in [-0.2, -0.15) is 0 Å². The summed E-state index contributed by atoms with van der Waals surface area (Å²) in [4.78, 5) is 12.0. The molecule has 1 heterocycles. The van der Waals surface area contributed by atoms with E-state index < -0.39 is 0 Å². The maximum absolute atomic E-state index is 12.0. The van der Waals surface area contributed by atoms with E-state index in [-0.39, 0.29) is 5.91 Å². The summed E-state index contributed by atoms with van der Waals surface area (Å²) in [6, 6.07) is 8.90. The van der Waals surface area contributed by atoms with Crippen molar-refractivity contribution in [3.63, 3.8) is 0 Å². The van der Waals surface area contributed by atoms with E-state index in [1.165, 1.54) is 5.56 Å². The number of methoxy groups -OCH3 is 1. The topological polar surface area (TPSA) is 50.4 Å². The van der Waals surface area contributed by atoms with Gasteiger partial charge in [-0.3, -0.25) is 4.79 Å². The number of piperidine rings is 1. The van der Waals surface area contributed by atoms with E-state index in [4.69, 9.17) is 4.74 Å². The number of ether oxygens (including phenoxy) is 1. The van der Waals surface area contributed by atoms with Crippen molar-refractivity contribution < 1.29 is 9.53 Å². The molecule has 2 N–H and O–H groups in total. The van der Waals surface area contributed by atoms with Crippen molar-refractivity contribution in [2.24, 2.45) is 0 Å². The van der Waals surface area contributed by atoms with E-state index in [2.05, 4.69) is 29.7 Å². The van der Waals surface area contributed by atoms with Crippen molar-refractivity contribution >= 4 is 5.91 Å². The summed E-state index contributed by atoms with van der Waals surface area (Å²) in [5, 5.41) is 6.55. The molecule has 1 aliphatic rings. The molecule has 1 aromatic carbocycles. The Hall–Kier alpha value is -1.55. The number of aryl methyl sites for hydroxylation is 1. The van der Waals surface area contributed by atoms with Crippen molar-refractivity contribution in [2.45, 2.75) is 51.1 Å². The second-order valence-electron chi connectivity index (χ2n) is 5.85. The third-order valence-electron chi connectivity index (χ3n) is 4.02. The Bertz CT molecular complexity index is 445. The molecule has 116 valence electrons. The Morgan fingerprint density at radius 1 is 1.38 bits per heavy atom. The first-order chi connectivity index (χ1) is 10.2. The lowest BCUT2D eigenvalue weighted by Crippen LogP contribution is -2.46. The van der Waals surface area contributed by atoms with Gasteiger partial charge in [-0.15, -0.1) is 0 Å². The quantitative estimate of drug-likeness (QED) is 0.845. The van der Waals surface area contributed by atoms with Gasteiger partial charge in [0, 0.05) is 18.5 Å². The number of hydrogen-bond donors (Lipinski definition) is 2. The zero-order valence-corrected chi connectivity index (χ0v) is 13.0. The van der Waals surface area contributed by atoms with Crippen molar-refractivity contribution in [2.75, 3.05) is 13.7 Å². The van der Waals surface area contributed by atoms with Crippen LogP contribution in [0.3, 0.4) is 0 Å². The summed E-state index contributed by atoms with van der Waals surface area (Å²) < 4.78 is 5.14. The largest absolute Gasteiger partial charge is 0.497 e. The molecule has 0 radical (unpaired) electrons. The molecule has 1 fully saturated rings. The molecule has 1 amide bonds. The number of rotatable bonds is 6. The van der Waals surface area contributed by atoms with E-state index in [1.807, 2.05) is 12.1 Å². The smallest absolute Gasteiger partial charge is 0.220 e. The number of hydrogen-bond acceptors (Lipinski definition) is 3. The molecule has 4 nitrogen and oxygen atoms in total. The van der Waals surface area contributed by atoms with Gasteiger partial charge < -0.3 is 15.4 Å². The first-order valence-electron chi connectivity index (χ1n) is 7.83. The van der Waals surface area contributed by atoms with Crippen LogP contribution in [-0.4, -0.2) is 31.6 Å². The molecule has 0 aliphatic carbocycles. The number of carbonyl (C=O) groups excluding carboxylic acids is 1. The summed E-state index contributed by atoms with van der Waals surface area (Å²) in [6.45, 7) is 3.17. The fourth-order valence-corrected chi connectivity index (χ4v) is 2.81. The molecule has 0 spiro atoms. The van der Waals surface area contributed by atoms with E-state index in [0.717, 1.165) is 38.0 Å². The monoisotopic (exact) mass is 290 g/mol. The Kier molecular flexibility index (Phi) is 6.05. The fourth-order valence-electron chi connectivity index (χ4n) is 2.81. The Balaban J connectivity index is 1.66. The average Bonchev–Trinajstić information content (AvgIpc) is 2.48. The lowest BCUT2D eigenvalue weighted by molar-refractivity contribution is -0.122. The minimum atomic E-state index is 0.183. The van der Waals surface area contributed by atoms with Crippen LogP contribution in [0.5, 0.6) is 5.75 Å². The van der Waals surface area contributed by atoms with Crippen LogP contribution in [0.25, 0.3) is 0 Å². The average molecular weight is 290 g/mol. The molecule has 2 unspecified atom stereocenters. The van der Waals surface area contributed by atoms with Crippen LogP contribution in [-0.2, 0) is 11.2 Å². The second-order valence-corrected chi connectivity index (χ2v) is 5.85. The van der Waals surface area contributed by atoms with Gasteiger partial charge in [0.1, 0.15) is 5.75 Å². The first-order valence-corrected chi connectivity index (χ1v) is 7.83. The van der Waals surface area contributed by atoms with Crippen LogP contribution in [0.2, 0.25) is 0 Å². The zero-order chi connectivity index (χ0) is 15.1. The minimum absolute atomic E-state index is 0.183.